The van der Waals surface area contributed by atoms with E-state index in [4.69, 9.17) is 9.72 Å². The highest BCUT2D eigenvalue weighted by Gasteiger charge is 2.40. The molecule has 0 radical (unpaired) electrons. The van der Waals surface area contributed by atoms with Gasteiger partial charge in [0.05, 0.1) is 18.9 Å². The lowest BCUT2D eigenvalue weighted by Gasteiger charge is -2.37. The first-order valence-electron chi connectivity index (χ1n) is 6.98. The summed E-state index contributed by atoms with van der Waals surface area (Å²) in [5.41, 5.74) is 3.38. The molecule has 0 saturated heterocycles. The van der Waals surface area contributed by atoms with Crippen molar-refractivity contribution in [3.63, 3.8) is 0 Å². The minimum Gasteiger partial charge on any atom is -0.374 e. The van der Waals surface area contributed by atoms with Crippen LogP contribution in [0.15, 0.2) is 29.6 Å². The maximum absolute atomic E-state index is 5.83. The van der Waals surface area contributed by atoms with Gasteiger partial charge in [0, 0.05) is 5.38 Å². The summed E-state index contributed by atoms with van der Waals surface area (Å²) in [4.78, 5) is 4.85. The van der Waals surface area contributed by atoms with Crippen molar-refractivity contribution >= 4 is 11.3 Å². The number of rotatable bonds is 3. The SMILES string of the molecule is CNC1(c2nc(C(C)C)cs2)COCc2ccccc21. The molecule has 0 spiro atoms. The van der Waals surface area contributed by atoms with Gasteiger partial charge in [0.1, 0.15) is 10.5 Å². The van der Waals surface area contributed by atoms with Gasteiger partial charge in [0.15, 0.2) is 0 Å². The third kappa shape index (κ3) is 2.08. The summed E-state index contributed by atoms with van der Waals surface area (Å²) in [6.07, 6.45) is 0. The highest BCUT2D eigenvalue weighted by molar-refractivity contribution is 7.09. The lowest BCUT2D eigenvalue weighted by atomic mass is 9.86. The van der Waals surface area contributed by atoms with E-state index >= 15 is 0 Å². The average Bonchev–Trinajstić information content (AvgIpc) is 2.97. The van der Waals surface area contributed by atoms with Gasteiger partial charge in [-0.1, -0.05) is 38.1 Å². The fourth-order valence-electron chi connectivity index (χ4n) is 2.69. The average molecular weight is 288 g/mol. The molecule has 2 aromatic rings. The Labute approximate surface area is 124 Å². The largest absolute Gasteiger partial charge is 0.374 e. The maximum Gasteiger partial charge on any atom is 0.120 e. The molecule has 3 rings (SSSR count). The van der Waals surface area contributed by atoms with Gasteiger partial charge in [-0.25, -0.2) is 4.98 Å². The Hall–Kier alpha value is -1.23. The molecule has 3 nitrogen and oxygen atoms in total. The van der Waals surface area contributed by atoms with Gasteiger partial charge in [-0.2, -0.15) is 0 Å². The standard InChI is InChI=1S/C16H20N2OS/c1-11(2)14-9-20-15(18-14)16(17-3)10-19-8-12-6-4-5-7-13(12)16/h4-7,9,11,17H,8,10H2,1-3H3. The first-order valence-corrected chi connectivity index (χ1v) is 7.86. The summed E-state index contributed by atoms with van der Waals surface area (Å²) in [6, 6.07) is 8.48. The molecular weight excluding hydrogens is 268 g/mol. The number of nitrogens with zero attached hydrogens (tertiary/aromatic N) is 1. The number of ether oxygens (including phenoxy) is 1. The quantitative estimate of drug-likeness (QED) is 0.941. The van der Waals surface area contributed by atoms with Crippen LogP contribution in [0.25, 0.3) is 0 Å². The Morgan fingerprint density at radius 1 is 1.35 bits per heavy atom. The van der Waals surface area contributed by atoms with Crippen LogP contribution in [-0.2, 0) is 16.9 Å². The van der Waals surface area contributed by atoms with Crippen LogP contribution in [0, 0.1) is 0 Å². The van der Waals surface area contributed by atoms with E-state index in [0.717, 1.165) is 10.7 Å². The molecule has 1 aromatic carbocycles. The van der Waals surface area contributed by atoms with E-state index in [1.165, 1.54) is 11.1 Å². The monoisotopic (exact) mass is 288 g/mol. The topological polar surface area (TPSA) is 34.2 Å². The van der Waals surface area contributed by atoms with Gasteiger partial charge in [-0.05, 0) is 24.1 Å². The fraction of sp³-hybridized carbons (Fsp3) is 0.438. The van der Waals surface area contributed by atoms with Crippen molar-refractivity contribution in [3.05, 3.63) is 51.5 Å². The summed E-state index contributed by atoms with van der Waals surface area (Å²) in [7, 11) is 1.99. The van der Waals surface area contributed by atoms with E-state index in [1.807, 2.05) is 7.05 Å². The summed E-state index contributed by atoms with van der Waals surface area (Å²) in [5.74, 6) is 0.452. The van der Waals surface area contributed by atoms with Crippen LogP contribution in [0.1, 0.15) is 41.6 Å². The molecule has 20 heavy (non-hydrogen) atoms. The van der Waals surface area contributed by atoms with Crippen LogP contribution < -0.4 is 5.32 Å². The van der Waals surface area contributed by atoms with E-state index in [2.05, 4.69) is 48.8 Å². The molecule has 0 fully saturated rings. The number of thiazole rings is 1. The second-order valence-corrected chi connectivity index (χ2v) is 6.40. The molecule has 1 aliphatic heterocycles. The predicted octanol–water partition coefficient (Wildman–Crippen LogP) is 3.26. The van der Waals surface area contributed by atoms with E-state index < -0.39 is 0 Å². The van der Waals surface area contributed by atoms with Gasteiger partial charge in [0.25, 0.3) is 0 Å². The van der Waals surface area contributed by atoms with Gasteiger partial charge in [0.2, 0.25) is 0 Å². The Morgan fingerprint density at radius 3 is 2.85 bits per heavy atom. The number of aromatic nitrogens is 1. The lowest BCUT2D eigenvalue weighted by Crippen LogP contribution is -2.48. The molecular formula is C16H20N2OS. The molecule has 1 N–H and O–H groups in total. The van der Waals surface area contributed by atoms with Crippen molar-refractivity contribution in [1.29, 1.82) is 0 Å². The third-order valence-corrected chi connectivity index (χ3v) is 4.98. The molecule has 106 valence electrons. The molecule has 0 amide bonds. The first kappa shape index (κ1) is 13.7. The van der Waals surface area contributed by atoms with E-state index in [0.29, 0.717) is 19.1 Å². The predicted molar refractivity (Wildman–Crippen MR) is 82.1 cm³/mol. The lowest BCUT2D eigenvalue weighted by molar-refractivity contribution is 0.0554. The Kier molecular flexibility index (Phi) is 3.63. The molecule has 0 bridgehead atoms. The maximum atomic E-state index is 5.83. The number of hydrogen-bond donors (Lipinski definition) is 1. The van der Waals surface area contributed by atoms with Gasteiger partial charge < -0.3 is 10.1 Å². The summed E-state index contributed by atoms with van der Waals surface area (Å²) < 4.78 is 5.83. The first-order chi connectivity index (χ1) is 9.67. The van der Waals surface area contributed by atoms with E-state index in [-0.39, 0.29) is 5.54 Å². The van der Waals surface area contributed by atoms with Crippen molar-refractivity contribution < 1.29 is 4.74 Å². The van der Waals surface area contributed by atoms with Crippen LogP contribution in [0.5, 0.6) is 0 Å². The normalized spacial score (nSPS) is 22.0. The zero-order valence-electron chi connectivity index (χ0n) is 12.1. The molecule has 1 aromatic heterocycles. The minimum absolute atomic E-state index is 0.313. The second-order valence-electron chi connectivity index (χ2n) is 5.54. The molecule has 1 atom stereocenters. The van der Waals surface area contributed by atoms with Crippen molar-refractivity contribution in [2.24, 2.45) is 0 Å². The summed E-state index contributed by atoms with van der Waals surface area (Å²) in [6.45, 7) is 5.67. The molecule has 4 heteroatoms. The highest BCUT2D eigenvalue weighted by atomic mass is 32.1. The minimum atomic E-state index is -0.313. The van der Waals surface area contributed by atoms with Crippen LogP contribution in [0.2, 0.25) is 0 Å². The number of hydrogen-bond acceptors (Lipinski definition) is 4. The molecule has 2 heterocycles. The van der Waals surface area contributed by atoms with Crippen LogP contribution >= 0.6 is 11.3 Å². The number of fused-ring (bicyclic) bond motifs is 1. The Bertz CT molecular complexity index is 608. The number of benzene rings is 1. The smallest absolute Gasteiger partial charge is 0.120 e. The highest BCUT2D eigenvalue weighted by Crippen LogP contribution is 2.38. The second kappa shape index (κ2) is 5.28. The Morgan fingerprint density at radius 2 is 2.15 bits per heavy atom. The van der Waals surface area contributed by atoms with Crippen molar-refractivity contribution in [2.75, 3.05) is 13.7 Å². The third-order valence-electron chi connectivity index (χ3n) is 3.96. The van der Waals surface area contributed by atoms with Crippen LogP contribution in [0.3, 0.4) is 0 Å². The van der Waals surface area contributed by atoms with E-state index in [9.17, 15) is 0 Å². The molecule has 0 saturated carbocycles. The molecule has 1 aliphatic rings. The molecule has 0 aliphatic carbocycles. The molecule has 1 unspecified atom stereocenters. The van der Waals surface area contributed by atoms with Gasteiger partial charge in [-0.3, -0.25) is 0 Å². The van der Waals surface area contributed by atoms with Crippen molar-refractivity contribution in [2.45, 2.75) is 31.9 Å². The summed E-state index contributed by atoms with van der Waals surface area (Å²) in [5, 5.41) is 6.72. The zero-order chi connectivity index (χ0) is 14.2. The van der Waals surface area contributed by atoms with Crippen LogP contribution in [-0.4, -0.2) is 18.6 Å². The fourth-order valence-corrected chi connectivity index (χ4v) is 3.88. The zero-order valence-corrected chi connectivity index (χ0v) is 13.0. The van der Waals surface area contributed by atoms with Crippen LogP contribution in [0.4, 0.5) is 0 Å². The number of likely N-dealkylation sites (N-methyl/N-ethyl adjacent to an activating group) is 1. The Balaban J connectivity index is 2.12. The number of nitrogens with one attached hydrogen (secondary N) is 1. The van der Waals surface area contributed by atoms with Gasteiger partial charge in [-0.15, -0.1) is 11.3 Å². The van der Waals surface area contributed by atoms with Gasteiger partial charge >= 0.3 is 0 Å². The summed E-state index contributed by atoms with van der Waals surface area (Å²) >= 11 is 1.72. The van der Waals surface area contributed by atoms with Crippen molar-refractivity contribution in [1.82, 2.24) is 10.3 Å². The van der Waals surface area contributed by atoms with E-state index in [1.54, 1.807) is 11.3 Å². The van der Waals surface area contributed by atoms with Crippen molar-refractivity contribution in [3.8, 4) is 0 Å².